The Balaban J connectivity index is 2.53. The summed E-state index contributed by atoms with van der Waals surface area (Å²) in [5, 5.41) is 0. The molecule has 0 unspecified atom stereocenters. The molecule has 0 aliphatic rings. The first-order chi connectivity index (χ1) is 6.08. The van der Waals surface area contributed by atoms with E-state index >= 15 is 0 Å². The fourth-order valence-corrected chi connectivity index (χ4v) is 6.34. The minimum atomic E-state index is -0.308. The molecule has 7 heteroatoms. The summed E-state index contributed by atoms with van der Waals surface area (Å²) in [6.07, 6.45) is 0. The van der Waals surface area contributed by atoms with Crippen LogP contribution in [0, 0.1) is 0 Å². The van der Waals surface area contributed by atoms with Crippen molar-refractivity contribution < 1.29 is 0 Å². The van der Waals surface area contributed by atoms with Crippen LogP contribution in [0.4, 0.5) is 0 Å². The maximum Gasteiger partial charge on any atom is 0.138 e. The summed E-state index contributed by atoms with van der Waals surface area (Å²) < 4.78 is 1.79. The Hall–Kier alpha value is 1.29. The van der Waals surface area contributed by atoms with Crippen LogP contribution in [0.25, 0.3) is 0 Å². The molecule has 4 radical (unpaired) electrons. The molecule has 0 aromatic carbocycles. The summed E-state index contributed by atoms with van der Waals surface area (Å²) in [4.78, 5) is 0. The fraction of sp³-hybridized carbons (Fsp3) is 0.333. The summed E-state index contributed by atoms with van der Waals surface area (Å²) in [7, 11) is 0.892. The normalized spacial score (nSPS) is 11.5. The maximum absolute atomic E-state index is 5.66. The van der Waals surface area contributed by atoms with Crippen LogP contribution in [0.5, 0.6) is 0 Å². The maximum atomic E-state index is 5.66. The molecule has 1 aromatic rings. The molecule has 1 rings (SSSR count). The first-order valence-electron chi connectivity index (χ1n) is 3.27. The average molecular weight is 306 g/mol. The minimum absolute atomic E-state index is 0.308. The average Bonchev–Trinajstić information content (AvgIpc) is 2.33. The predicted octanol–water partition coefficient (Wildman–Crippen LogP) is 1.93. The van der Waals surface area contributed by atoms with E-state index < -0.39 is 0 Å². The number of hydrogen-bond acceptors (Lipinski definition) is 1. The highest BCUT2D eigenvalue weighted by molar-refractivity contribution is 7.30. The third-order valence-electron chi connectivity index (χ3n) is 1.11. The molecule has 0 saturated heterocycles. The van der Waals surface area contributed by atoms with Crippen LogP contribution >= 0.6 is 57.7 Å². The van der Waals surface area contributed by atoms with Crippen molar-refractivity contribution >= 4 is 85.8 Å². The third-order valence-corrected chi connectivity index (χ3v) is 5.79. The molecular weight excluding hydrogens is 302 g/mol. The molecule has 0 N–H and O–H groups in total. The number of hydrogen-bond donors (Lipinski definition) is 0. The van der Waals surface area contributed by atoms with Gasteiger partial charge in [0.15, 0.2) is 0 Å². The summed E-state index contributed by atoms with van der Waals surface area (Å²) >= 11 is 24.3. The third kappa shape index (κ3) is 5.07. The second-order valence-electron chi connectivity index (χ2n) is 2.05. The number of rotatable bonds is 4. The lowest BCUT2D eigenvalue weighted by atomic mass is 10.7. The molecule has 0 fully saturated rings. The highest BCUT2D eigenvalue weighted by atomic mass is 35.5. The zero-order valence-corrected chi connectivity index (χ0v) is 12.1. The van der Waals surface area contributed by atoms with E-state index in [2.05, 4.69) is 0 Å². The van der Waals surface area contributed by atoms with Gasteiger partial charge in [-0.3, -0.25) is 0 Å². The molecule has 0 saturated carbocycles. The van der Waals surface area contributed by atoms with Gasteiger partial charge in [-0.2, -0.15) is 11.3 Å². The highest BCUT2D eigenvalue weighted by Gasteiger charge is 2.09. The van der Waals surface area contributed by atoms with E-state index in [1.807, 2.05) is 12.1 Å². The van der Waals surface area contributed by atoms with Crippen LogP contribution < -0.4 is 9.00 Å². The molecule has 70 valence electrons. The van der Waals surface area contributed by atoms with Gasteiger partial charge in [0.2, 0.25) is 0 Å². The summed E-state index contributed by atoms with van der Waals surface area (Å²) in [6.45, 7) is 0. The molecular formula is C6H4Cl4SSi2. The Bertz CT molecular complexity index is 238. The molecule has 0 spiro atoms. The van der Waals surface area contributed by atoms with Gasteiger partial charge < -0.3 is 0 Å². The Kier molecular flexibility index (Phi) is 5.71. The Labute approximate surface area is 106 Å². The molecule has 0 amide bonds. The van der Waals surface area contributed by atoms with E-state index in [-0.39, 0.29) is 8.92 Å². The molecule has 0 nitrogen and oxygen atoms in total. The largest absolute Gasteiger partial charge is 0.156 e. The minimum Gasteiger partial charge on any atom is -0.156 e. The molecule has 1 aromatic heterocycles. The van der Waals surface area contributed by atoms with Crippen LogP contribution in [0.15, 0.2) is 12.1 Å². The van der Waals surface area contributed by atoms with Gasteiger partial charge in [0.05, 0.1) is 8.92 Å². The summed E-state index contributed by atoms with van der Waals surface area (Å²) in [5.74, 6) is 0. The second kappa shape index (κ2) is 6.00. The highest BCUT2D eigenvalue weighted by Crippen LogP contribution is 2.03. The fourth-order valence-electron chi connectivity index (χ4n) is 0.708. The molecule has 1 heterocycles. The Morgan fingerprint density at radius 3 is 1.62 bits per heavy atom. The van der Waals surface area contributed by atoms with Crippen LogP contribution in [0.2, 0.25) is 0 Å². The number of thiophene rings is 1. The van der Waals surface area contributed by atoms with Gasteiger partial charge in [-0.05, 0) is 9.00 Å². The first-order valence-corrected chi connectivity index (χ1v) is 7.99. The standard InChI is InChI=1S/C6H4Cl4SSi2/c7-5(8)12-3-1-2-4(11-3)13-6(9)10/h1-2,5-6H. The molecule has 13 heavy (non-hydrogen) atoms. The van der Waals surface area contributed by atoms with Crippen molar-refractivity contribution in [2.45, 2.75) is 8.92 Å². The van der Waals surface area contributed by atoms with Crippen molar-refractivity contribution in [3.63, 3.8) is 0 Å². The molecule has 0 aliphatic heterocycles. The summed E-state index contributed by atoms with van der Waals surface area (Å²) in [5.41, 5.74) is 0. The van der Waals surface area contributed by atoms with Crippen LogP contribution in [-0.2, 0) is 0 Å². The summed E-state index contributed by atoms with van der Waals surface area (Å²) in [6, 6.07) is 4.05. The van der Waals surface area contributed by atoms with Gasteiger partial charge in [-0.25, -0.2) is 0 Å². The van der Waals surface area contributed by atoms with Crippen molar-refractivity contribution in [1.82, 2.24) is 0 Å². The van der Waals surface area contributed by atoms with Gasteiger partial charge in [0.1, 0.15) is 19.0 Å². The lowest BCUT2D eigenvalue weighted by Gasteiger charge is -1.95. The van der Waals surface area contributed by atoms with E-state index in [4.69, 9.17) is 46.4 Å². The molecule has 0 aliphatic carbocycles. The predicted molar refractivity (Wildman–Crippen MR) is 66.1 cm³/mol. The molecule has 0 atom stereocenters. The number of alkyl halides is 4. The zero-order chi connectivity index (χ0) is 9.84. The van der Waals surface area contributed by atoms with Gasteiger partial charge >= 0.3 is 0 Å². The van der Waals surface area contributed by atoms with Crippen molar-refractivity contribution in [1.29, 1.82) is 0 Å². The first kappa shape index (κ1) is 12.4. The smallest absolute Gasteiger partial charge is 0.138 e. The van der Waals surface area contributed by atoms with Crippen molar-refractivity contribution in [3.8, 4) is 0 Å². The van der Waals surface area contributed by atoms with Crippen molar-refractivity contribution in [2.24, 2.45) is 0 Å². The van der Waals surface area contributed by atoms with Gasteiger partial charge in [-0.1, -0.05) is 12.1 Å². The van der Waals surface area contributed by atoms with E-state index in [9.17, 15) is 0 Å². The Morgan fingerprint density at radius 1 is 0.923 bits per heavy atom. The monoisotopic (exact) mass is 304 g/mol. The van der Waals surface area contributed by atoms with Crippen LogP contribution in [0.3, 0.4) is 0 Å². The van der Waals surface area contributed by atoms with E-state index in [0.717, 1.165) is 0 Å². The van der Waals surface area contributed by atoms with Gasteiger partial charge in [-0.15, -0.1) is 46.4 Å². The Morgan fingerprint density at radius 2 is 1.31 bits per heavy atom. The SMILES string of the molecule is ClC(Cl)[Si]c1ccc([Si]C(Cl)Cl)s1. The van der Waals surface area contributed by atoms with Crippen molar-refractivity contribution in [2.75, 3.05) is 0 Å². The quantitative estimate of drug-likeness (QED) is 0.589. The second-order valence-corrected chi connectivity index (χ2v) is 10.3. The van der Waals surface area contributed by atoms with Crippen LogP contribution in [-0.4, -0.2) is 28.0 Å². The number of halogens is 4. The van der Waals surface area contributed by atoms with Gasteiger partial charge in [0.25, 0.3) is 0 Å². The van der Waals surface area contributed by atoms with E-state index in [1.165, 1.54) is 9.00 Å². The van der Waals surface area contributed by atoms with E-state index in [0.29, 0.717) is 19.0 Å². The lowest BCUT2D eigenvalue weighted by molar-refractivity contribution is 1.89. The van der Waals surface area contributed by atoms with Crippen LogP contribution in [0.1, 0.15) is 0 Å². The lowest BCUT2D eigenvalue weighted by Crippen LogP contribution is -2.19. The van der Waals surface area contributed by atoms with Crippen molar-refractivity contribution in [3.05, 3.63) is 12.1 Å². The topological polar surface area (TPSA) is 0 Å². The molecule has 0 bridgehead atoms. The van der Waals surface area contributed by atoms with E-state index in [1.54, 1.807) is 11.3 Å². The zero-order valence-electron chi connectivity index (χ0n) is 6.23. The van der Waals surface area contributed by atoms with Gasteiger partial charge in [0, 0.05) is 0 Å².